The molecule has 0 aliphatic heterocycles. The molecule has 2 aromatic carbocycles. The fraction of sp³-hybridized carbons (Fsp3) is 0.0769. The van der Waals surface area contributed by atoms with Crippen LogP contribution in [0.1, 0.15) is 5.56 Å². The highest BCUT2D eigenvalue weighted by atomic mass is 79.9. The van der Waals surface area contributed by atoms with Crippen LogP contribution in [0.2, 0.25) is 5.02 Å². The SMILES string of the molecule is Cc1c(N)cc(S(=O)(=O)Nc2ccc(Br)cc2)cc1Cl. The summed E-state index contributed by atoms with van der Waals surface area (Å²) in [5, 5.41) is 0.321. The van der Waals surface area contributed by atoms with Gasteiger partial charge in [-0.05, 0) is 48.9 Å². The number of halogens is 2. The van der Waals surface area contributed by atoms with Gasteiger partial charge in [0.25, 0.3) is 10.0 Å². The monoisotopic (exact) mass is 374 g/mol. The van der Waals surface area contributed by atoms with Crippen molar-refractivity contribution in [3.63, 3.8) is 0 Å². The zero-order valence-electron chi connectivity index (χ0n) is 10.5. The van der Waals surface area contributed by atoms with Crippen LogP contribution in [-0.2, 0) is 10.0 Å². The molecule has 2 aromatic rings. The van der Waals surface area contributed by atoms with Crippen molar-refractivity contribution < 1.29 is 8.42 Å². The molecule has 4 nitrogen and oxygen atoms in total. The highest BCUT2D eigenvalue weighted by Crippen LogP contribution is 2.27. The minimum atomic E-state index is -3.72. The molecule has 0 heterocycles. The van der Waals surface area contributed by atoms with Crippen LogP contribution in [0.25, 0.3) is 0 Å². The average molecular weight is 376 g/mol. The summed E-state index contributed by atoms with van der Waals surface area (Å²) >= 11 is 9.26. The van der Waals surface area contributed by atoms with Crippen molar-refractivity contribution in [2.24, 2.45) is 0 Å². The molecular weight excluding hydrogens is 364 g/mol. The number of anilines is 2. The van der Waals surface area contributed by atoms with Crippen LogP contribution < -0.4 is 10.5 Å². The molecule has 106 valence electrons. The lowest BCUT2D eigenvalue weighted by Crippen LogP contribution is -2.13. The Bertz CT molecular complexity index is 722. The first kappa shape index (κ1) is 15.2. The molecule has 0 radical (unpaired) electrons. The van der Waals surface area contributed by atoms with Crippen molar-refractivity contribution in [1.82, 2.24) is 0 Å². The maximum Gasteiger partial charge on any atom is 0.262 e. The molecule has 0 aliphatic carbocycles. The predicted octanol–water partition coefficient (Wildman–Crippen LogP) is 3.79. The summed E-state index contributed by atoms with van der Waals surface area (Å²) in [7, 11) is -3.72. The van der Waals surface area contributed by atoms with Crippen LogP contribution in [0.3, 0.4) is 0 Å². The van der Waals surface area contributed by atoms with Gasteiger partial charge in [-0.2, -0.15) is 0 Å². The van der Waals surface area contributed by atoms with Crippen molar-refractivity contribution >= 4 is 48.9 Å². The van der Waals surface area contributed by atoms with E-state index >= 15 is 0 Å². The Labute approximate surface area is 131 Å². The lowest BCUT2D eigenvalue weighted by Gasteiger charge is -2.11. The van der Waals surface area contributed by atoms with Gasteiger partial charge in [-0.15, -0.1) is 0 Å². The Hall–Kier alpha value is -1.24. The third-order valence-electron chi connectivity index (χ3n) is 2.76. The molecule has 2 rings (SSSR count). The fourth-order valence-electron chi connectivity index (χ4n) is 1.56. The van der Waals surface area contributed by atoms with E-state index in [1.54, 1.807) is 31.2 Å². The number of nitrogens with two attached hydrogens (primary N) is 1. The van der Waals surface area contributed by atoms with Crippen molar-refractivity contribution in [2.75, 3.05) is 10.5 Å². The number of benzene rings is 2. The molecule has 0 saturated heterocycles. The summed E-state index contributed by atoms with van der Waals surface area (Å²) in [6.07, 6.45) is 0. The molecule has 7 heteroatoms. The highest BCUT2D eigenvalue weighted by Gasteiger charge is 2.17. The molecule has 0 saturated carbocycles. The Morgan fingerprint density at radius 1 is 1.20 bits per heavy atom. The molecule has 0 amide bonds. The van der Waals surface area contributed by atoms with Crippen LogP contribution in [0.5, 0.6) is 0 Å². The summed E-state index contributed by atoms with van der Waals surface area (Å²) < 4.78 is 27.9. The summed E-state index contributed by atoms with van der Waals surface area (Å²) in [5.74, 6) is 0. The second kappa shape index (κ2) is 5.63. The molecule has 0 fully saturated rings. The zero-order chi connectivity index (χ0) is 14.9. The topological polar surface area (TPSA) is 72.2 Å². The van der Waals surface area contributed by atoms with E-state index in [9.17, 15) is 8.42 Å². The van der Waals surface area contributed by atoms with Gasteiger partial charge in [-0.25, -0.2) is 8.42 Å². The van der Waals surface area contributed by atoms with Crippen molar-refractivity contribution in [3.8, 4) is 0 Å². The zero-order valence-corrected chi connectivity index (χ0v) is 13.7. The average Bonchev–Trinajstić information content (AvgIpc) is 2.38. The van der Waals surface area contributed by atoms with Gasteiger partial charge in [0.05, 0.1) is 4.90 Å². The van der Waals surface area contributed by atoms with Crippen molar-refractivity contribution in [2.45, 2.75) is 11.8 Å². The molecule has 0 bridgehead atoms. The van der Waals surface area contributed by atoms with E-state index in [-0.39, 0.29) is 4.90 Å². The second-order valence-electron chi connectivity index (χ2n) is 4.23. The Kier molecular flexibility index (Phi) is 4.27. The Balaban J connectivity index is 2.38. The van der Waals surface area contributed by atoms with E-state index in [1.807, 2.05) is 0 Å². The smallest absolute Gasteiger partial charge is 0.262 e. The van der Waals surface area contributed by atoms with Gasteiger partial charge in [0, 0.05) is 20.9 Å². The Morgan fingerprint density at radius 3 is 2.35 bits per heavy atom. The molecule has 0 aromatic heterocycles. The van der Waals surface area contributed by atoms with Gasteiger partial charge >= 0.3 is 0 Å². The van der Waals surface area contributed by atoms with E-state index in [0.29, 0.717) is 22.0 Å². The molecule has 3 N–H and O–H groups in total. The summed E-state index contributed by atoms with van der Waals surface area (Å²) in [4.78, 5) is 0.0357. The first-order valence-electron chi connectivity index (χ1n) is 5.63. The lowest BCUT2D eigenvalue weighted by molar-refractivity contribution is 0.601. The van der Waals surface area contributed by atoms with E-state index in [2.05, 4.69) is 20.7 Å². The fourth-order valence-corrected chi connectivity index (χ4v) is 3.24. The van der Waals surface area contributed by atoms with Crippen LogP contribution in [0.15, 0.2) is 45.8 Å². The highest BCUT2D eigenvalue weighted by molar-refractivity contribution is 9.10. The molecule has 0 atom stereocenters. The quantitative estimate of drug-likeness (QED) is 0.802. The van der Waals surface area contributed by atoms with Crippen LogP contribution in [-0.4, -0.2) is 8.42 Å². The molecular formula is C13H12BrClN2O2S. The Morgan fingerprint density at radius 2 is 1.80 bits per heavy atom. The maximum absolute atomic E-state index is 12.3. The van der Waals surface area contributed by atoms with Gasteiger partial charge in [0.15, 0.2) is 0 Å². The number of hydrogen-bond donors (Lipinski definition) is 2. The molecule has 20 heavy (non-hydrogen) atoms. The number of hydrogen-bond acceptors (Lipinski definition) is 3. The van der Waals surface area contributed by atoms with E-state index in [0.717, 1.165) is 4.47 Å². The number of nitrogen functional groups attached to an aromatic ring is 1. The molecule has 0 unspecified atom stereocenters. The number of sulfonamides is 1. The van der Waals surface area contributed by atoms with Gasteiger partial charge in [0.1, 0.15) is 0 Å². The predicted molar refractivity (Wildman–Crippen MR) is 85.6 cm³/mol. The van der Waals surface area contributed by atoms with Crippen molar-refractivity contribution in [1.29, 1.82) is 0 Å². The minimum absolute atomic E-state index is 0.0357. The van der Waals surface area contributed by atoms with E-state index < -0.39 is 10.0 Å². The van der Waals surface area contributed by atoms with E-state index in [4.69, 9.17) is 17.3 Å². The van der Waals surface area contributed by atoms with Crippen LogP contribution in [0.4, 0.5) is 11.4 Å². The van der Waals surface area contributed by atoms with Crippen molar-refractivity contribution in [3.05, 3.63) is 51.5 Å². The third kappa shape index (κ3) is 3.26. The minimum Gasteiger partial charge on any atom is -0.398 e. The standard InChI is InChI=1S/C13H12BrClN2O2S/c1-8-12(15)6-11(7-13(8)16)20(18,19)17-10-4-2-9(14)3-5-10/h2-7,17H,16H2,1H3. The lowest BCUT2D eigenvalue weighted by atomic mass is 10.2. The summed E-state index contributed by atoms with van der Waals surface area (Å²) in [5.41, 5.74) is 7.21. The second-order valence-corrected chi connectivity index (χ2v) is 7.24. The largest absolute Gasteiger partial charge is 0.398 e. The number of rotatable bonds is 3. The first-order chi connectivity index (χ1) is 9.29. The maximum atomic E-state index is 12.3. The number of nitrogens with one attached hydrogen (secondary N) is 1. The van der Waals surface area contributed by atoms with Gasteiger partial charge in [-0.3, -0.25) is 4.72 Å². The van der Waals surface area contributed by atoms with Crippen LogP contribution in [0, 0.1) is 6.92 Å². The summed E-state index contributed by atoms with van der Waals surface area (Å²) in [6, 6.07) is 9.57. The van der Waals surface area contributed by atoms with Crippen LogP contribution >= 0.6 is 27.5 Å². The molecule has 0 aliphatic rings. The first-order valence-corrected chi connectivity index (χ1v) is 8.29. The normalized spacial score (nSPS) is 11.3. The summed E-state index contributed by atoms with van der Waals surface area (Å²) in [6.45, 7) is 1.73. The van der Waals surface area contributed by atoms with Gasteiger partial charge in [0.2, 0.25) is 0 Å². The van der Waals surface area contributed by atoms with Gasteiger partial charge in [-0.1, -0.05) is 27.5 Å². The third-order valence-corrected chi connectivity index (χ3v) is 5.05. The molecule has 0 spiro atoms. The van der Waals surface area contributed by atoms with Gasteiger partial charge < -0.3 is 5.73 Å². The van der Waals surface area contributed by atoms with E-state index in [1.165, 1.54) is 12.1 Å².